The van der Waals surface area contributed by atoms with Crippen LogP contribution in [0.15, 0.2) is 47.3 Å². The third kappa shape index (κ3) is 4.55. The smallest absolute Gasteiger partial charge is 0.260 e. The number of anilines is 1. The van der Waals surface area contributed by atoms with E-state index in [2.05, 4.69) is 9.97 Å². The fourth-order valence-corrected chi connectivity index (χ4v) is 3.61. The standard InChI is InChI=1S/C18H17ClN4OS2/c1-23(18(25)26-10-11-2-5-13(19)6-3-11)9-12-4-7-15-14(8-12)16(24)22-17(20)21-15/h2-8H,9-10H2,1H3,(H3,20,21,22,24). The predicted molar refractivity (Wildman–Crippen MR) is 114 cm³/mol. The molecule has 3 rings (SSSR count). The first-order chi connectivity index (χ1) is 12.4. The van der Waals surface area contributed by atoms with Crippen LogP contribution >= 0.6 is 35.6 Å². The van der Waals surface area contributed by atoms with Gasteiger partial charge < -0.3 is 10.6 Å². The van der Waals surface area contributed by atoms with Crippen LogP contribution in [-0.2, 0) is 12.3 Å². The van der Waals surface area contributed by atoms with E-state index in [1.807, 2.05) is 48.3 Å². The number of nitrogens with two attached hydrogens (primary N) is 1. The number of halogens is 1. The Kier molecular flexibility index (Phi) is 5.80. The third-order valence-corrected chi connectivity index (χ3v) is 5.75. The van der Waals surface area contributed by atoms with E-state index >= 15 is 0 Å². The summed E-state index contributed by atoms with van der Waals surface area (Å²) in [6.45, 7) is 0.603. The van der Waals surface area contributed by atoms with E-state index in [-0.39, 0.29) is 11.5 Å². The molecule has 0 spiro atoms. The van der Waals surface area contributed by atoms with Gasteiger partial charge in [-0.1, -0.05) is 53.8 Å². The number of fused-ring (bicyclic) bond motifs is 1. The van der Waals surface area contributed by atoms with Crippen molar-refractivity contribution in [1.82, 2.24) is 14.9 Å². The topological polar surface area (TPSA) is 75.0 Å². The Morgan fingerprint density at radius 2 is 1.96 bits per heavy atom. The van der Waals surface area contributed by atoms with Crippen LogP contribution < -0.4 is 11.3 Å². The zero-order chi connectivity index (χ0) is 18.7. The molecule has 0 radical (unpaired) electrons. The molecular formula is C18H17ClN4OS2. The Hall–Kier alpha value is -2.09. The molecule has 134 valence electrons. The number of aromatic nitrogens is 2. The van der Waals surface area contributed by atoms with Crippen molar-refractivity contribution in [2.45, 2.75) is 12.3 Å². The van der Waals surface area contributed by atoms with Gasteiger partial charge in [0.1, 0.15) is 4.32 Å². The summed E-state index contributed by atoms with van der Waals surface area (Å²) in [6.07, 6.45) is 0. The second-order valence-electron chi connectivity index (χ2n) is 5.84. The van der Waals surface area contributed by atoms with Crippen molar-refractivity contribution in [3.63, 3.8) is 0 Å². The summed E-state index contributed by atoms with van der Waals surface area (Å²) in [5, 5.41) is 1.24. The fraction of sp³-hybridized carbons (Fsp3) is 0.167. The van der Waals surface area contributed by atoms with E-state index in [1.54, 1.807) is 17.8 Å². The van der Waals surface area contributed by atoms with Crippen molar-refractivity contribution in [2.24, 2.45) is 0 Å². The molecule has 0 unspecified atom stereocenters. The molecule has 0 atom stereocenters. The minimum Gasteiger partial charge on any atom is -0.369 e. The lowest BCUT2D eigenvalue weighted by atomic mass is 10.1. The van der Waals surface area contributed by atoms with Crippen molar-refractivity contribution in [3.05, 3.63) is 69.0 Å². The first kappa shape index (κ1) is 18.7. The number of nitrogen functional groups attached to an aromatic ring is 1. The number of rotatable bonds is 4. The van der Waals surface area contributed by atoms with Crippen LogP contribution in [0.5, 0.6) is 0 Å². The molecule has 3 aromatic rings. The van der Waals surface area contributed by atoms with E-state index in [0.717, 1.165) is 26.2 Å². The summed E-state index contributed by atoms with van der Waals surface area (Å²) in [4.78, 5) is 20.7. The lowest BCUT2D eigenvalue weighted by Gasteiger charge is -2.19. The molecule has 0 amide bonds. The maximum Gasteiger partial charge on any atom is 0.260 e. The van der Waals surface area contributed by atoms with Crippen LogP contribution in [0.2, 0.25) is 5.02 Å². The van der Waals surface area contributed by atoms with Gasteiger partial charge in [0.05, 0.1) is 10.9 Å². The average Bonchev–Trinajstić information content (AvgIpc) is 2.61. The molecule has 5 nitrogen and oxygen atoms in total. The predicted octanol–water partition coefficient (Wildman–Crippen LogP) is 3.81. The van der Waals surface area contributed by atoms with Gasteiger partial charge in [0, 0.05) is 24.4 Å². The van der Waals surface area contributed by atoms with Crippen LogP contribution in [0.3, 0.4) is 0 Å². The highest BCUT2D eigenvalue weighted by atomic mass is 35.5. The number of H-pyrrole nitrogens is 1. The molecule has 3 N–H and O–H groups in total. The number of nitrogens with zero attached hydrogens (tertiary/aromatic N) is 2. The molecule has 0 aliphatic heterocycles. The Balaban J connectivity index is 1.66. The van der Waals surface area contributed by atoms with Gasteiger partial charge in [-0.3, -0.25) is 9.78 Å². The van der Waals surface area contributed by atoms with E-state index in [0.29, 0.717) is 17.4 Å². The van der Waals surface area contributed by atoms with Gasteiger partial charge in [-0.25, -0.2) is 4.98 Å². The monoisotopic (exact) mass is 404 g/mol. The maximum atomic E-state index is 12.0. The number of benzene rings is 2. The van der Waals surface area contributed by atoms with Crippen LogP contribution in [0, 0.1) is 0 Å². The van der Waals surface area contributed by atoms with Crippen molar-refractivity contribution in [1.29, 1.82) is 0 Å². The van der Waals surface area contributed by atoms with Gasteiger partial charge in [-0.2, -0.15) is 0 Å². The van der Waals surface area contributed by atoms with Crippen LogP contribution in [0.1, 0.15) is 11.1 Å². The lowest BCUT2D eigenvalue weighted by molar-refractivity contribution is 0.519. The van der Waals surface area contributed by atoms with E-state index in [1.165, 1.54) is 0 Å². The molecule has 26 heavy (non-hydrogen) atoms. The number of hydrogen-bond acceptors (Lipinski definition) is 5. The molecule has 8 heteroatoms. The molecule has 2 aromatic carbocycles. The number of hydrogen-bond donors (Lipinski definition) is 2. The van der Waals surface area contributed by atoms with Crippen molar-refractivity contribution >= 4 is 56.8 Å². The lowest BCUT2D eigenvalue weighted by Crippen LogP contribution is -2.22. The number of thiocarbonyl (C=S) groups is 1. The molecule has 1 heterocycles. The summed E-state index contributed by atoms with van der Waals surface area (Å²) >= 11 is 13.0. The van der Waals surface area contributed by atoms with Gasteiger partial charge >= 0.3 is 0 Å². The van der Waals surface area contributed by atoms with Gasteiger partial charge in [0.15, 0.2) is 0 Å². The minimum atomic E-state index is -0.239. The zero-order valence-corrected chi connectivity index (χ0v) is 16.4. The summed E-state index contributed by atoms with van der Waals surface area (Å²) in [5.74, 6) is 0.896. The van der Waals surface area contributed by atoms with Crippen molar-refractivity contribution in [3.8, 4) is 0 Å². The first-order valence-corrected chi connectivity index (χ1v) is 9.60. The summed E-state index contributed by atoms with van der Waals surface area (Å²) < 4.78 is 0.782. The highest BCUT2D eigenvalue weighted by molar-refractivity contribution is 8.22. The molecular weight excluding hydrogens is 388 g/mol. The van der Waals surface area contributed by atoms with E-state index < -0.39 is 0 Å². The number of thioether (sulfide) groups is 1. The number of nitrogens with one attached hydrogen (secondary N) is 1. The van der Waals surface area contributed by atoms with Gasteiger partial charge in [0.2, 0.25) is 5.95 Å². The van der Waals surface area contributed by atoms with Crippen molar-refractivity contribution in [2.75, 3.05) is 12.8 Å². The van der Waals surface area contributed by atoms with E-state index in [9.17, 15) is 4.79 Å². The maximum absolute atomic E-state index is 12.0. The van der Waals surface area contributed by atoms with Gasteiger partial charge in [-0.05, 0) is 35.4 Å². The average molecular weight is 405 g/mol. The summed E-state index contributed by atoms with van der Waals surface area (Å²) in [5.41, 5.74) is 8.05. The second kappa shape index (κ2) is 8.07. The van der Waals surface area contributed by atoms with Gasteiger partial charge in [-0.15, -0.1) is 0 Å². The Morgan fingerprint density at radius 1 is 1.27 bits per heavy atom. The van der Waals surface area contributed by atoms with Crippen molar-refractivity contribution < 1.29 is 0 Å². The quantitative estimate of drug-likeness (QED) is 0.644. The first-order valence-electron chi connectivity index (χ1n) is 7.83. The zero-order valence-electron chi connectivity index (χ0n) is 14.0. The molecule has 0 aliphatic carbocycles. The van der Waals surface area contributed by atoms with Crippen LogP contribution in [0.4, 0.5) is 5.95 Å². The normalized spacial score (nSPS) is 10.8. The third-order valence-electron chi connectivity index (χ3n) is 3.80. The molecule has 0 aliphatic rings. The highest BCUT2D eigenvalue weighted by Crippen LogP contribution is 2.20. The highest BCUT2D eigenvalue weighted by Gasteiger charge is 2.09. The number of aromatic amines is 1. The molecule has 0 bridgehead atoms. The largest absolute Gasteiger partial charge is 0.369 e. The summed E-state index contributed by atoms with van der Waals surface area (Å²) in [6, 6.07) is 13.3. The molecule has 1 aromatic heterocycles. The Bertz CT molecular complexity index is 1000. The molecule has 0 saturated heterocycles. The summed E-state index contributed by atoms with van der Waals surface area (Å²) in [7, 11) is 1.94. The Labute approximate surface area is 165 Å². The second-order valence-corrected chi connectivity index (χ2v) is 7.89. The van der Waals surface area contributed by atoms with Crippen LogP contribution in [0.25, 0.3) is 10.9 Å². The minimum absolute atomic E-state index is 0.118. The fourth-order valence-electron chi connectivity index (χ4n) is 2.48. The molecule has 0 fully saturated rings. The van der Waals surface area contributed by atoms with Gasteiger partial charge in [0.25, 0.3) is 5.56 Å². The van der Waals surface area contributed by atoms with E-state index in [4.69, 9.17) is 29.6 Å². The Morgan fingerprint density at radius 3 is 2.69 bits per heavy atom. The SMILES string of the molecule is CN(Cc1ccc2nc(N)[nH]c(=O)c2c1)C(=S)SCc1ccc(Cl)cc1. The molecule has 0 saturated carbocycles. The van der Waals surface area contributed by atoms with Crippen LogP contribution in [-0.4, -0.2) is 26.2 Å².